The second-order valence-corrected chi connectivity index (χ2v) is 6.21. The third kappa shape index (κ3) is 2.47. The number of anilines is 2. The minimum absolute atomic E-state index is 0.0882. The minimum atomic E-state index is -2.94. The Balaban J connectivity index is 2.18. The Labute approximate surface area is 99.4 Å². The van der Waals surface area contributed by atoms with Crippen LogP contribution in [-0.4, -0.2) is 30.9 Å². The topological polar surface area (TPSA) is 109 Å². The summed E-state index contributed by atoms with van der Waals surface area (Å²) in [5.74, 6) is 0.652. The molecule has 1 unspecified atom stereocenters. The molecule has 1 aromatic heterocycles. The van der Waals surface area contributed by atoms with Crippen LogP contribution in [0, 0.1) is 11.3 Å². The molecule has 0 saturated carbocycles. The van der Waals surface area contributed by atoms with E-state index < -0.39 is 9.84 Å². The van der Waals surface area contributed by atoms with Crippen LogP contribution >= 0.6 is 0 Å². The first-order valence-electron chi connectivity index (χ1n) is 5.13. The molecule has 0 bridgehead atoms. The smallest absolute Gasteiger partial charge is 0.152 e. The van der Waals surface area contributed by atoms with Crippen molar-refractivity contribution in [3.05, 3.63) is 17.8 Å². The van der Waals surface area contributed by atoms with E-state index in [1.165, 1.54) is 12.3 Å². The zero-order valence-electron chi connectivity index (χ0n) is 9.05. The molecular formula is C10H12N4O2S. The lowest BCUT2D eigenvalue weighted by atomic mass is 10.2. The van der Waals surface area contributed by atoms with Crippen molar-refractivity contribution in [2.75, 3.05) is 22.6 Å². The molecule has 2 heterocycles. The second kappa shape index (κ2) is 4.22. The predicted molar refractivity (Wildman–Crippen MR) is 64.0 cm³/mol. The Kier molecular flexibility index (Phi) is 2.90. The van der Waals surface area contributed by atoms with Crippen molar-refractivity contribution in [3.63, 3.8) is 0 Å². The number of aromatic nitrogens is 1. The standard InChI is InChI=1S/C10H12N4O2S/c11-5-7-1-3-13-10(9(7)12)14-8-2-4-17(15,16)6-8/h1,3,8H,2,4,6,12H2,(H,13,14). The highest BCUT2D eigenvalue weighted by atomic mass is 32.2. The van der Waals surface area contributed by atoms with E-state index in [9.17, 15) is 8.42 Å². The molecule has 1 aliphatic heterocycles. The summed E-state index contributed by atoms with van der Waals surface area (Å²) < 4.78 is 22.6. The van der Waals surface area contributed by atoms with Crippen molar-refractivity contribution in [3.8, 4) is 6.07 Å². The number of pyridine rings is 1. The number of nitrogens with two attached hydrogens (primary N) is 1. The lowest BCUT2D eigenvalue weighted by Gasteiger charge is -2.13. The molecular weight excluding hydrogens is 240 g/mol. The highest BCUT2D eigenvalue weighted by Crippen LogP contribution is 2.22. The minimum Gasteiger partial charge on any atom is -0.395 e. The predicted octanol–water partition coefficient (Wildman–Crippen LogP) is 0.134. The number of sulfone groups is 1. The molecule has 0 radical (unpaired) electrons. The zero-order chi connectivity index (χ0) is 12.5. The Bertz CT molecular complexity index is 576. The van der Waals surface area contributed by atoms with Crippen LogP contribution in [0.1, 0.15) is 12.0 Å². The third-order valence-electron chi connectivity index (χ3n) is 2.68. The molecule has 2 rings (SSSR count). The largest absolute Gasteiger partial charge is 0.395 e. The van der Waals surface area contributed by atoms with Crippen molar-refractivity contribution in [2.24, 2.45) is 0 Å². The van der Waals surface area contributed by atoms with Gasteiger partial charge in [-0.05, 0) is 12.5 Å². The van der Waals surface area contributed by atoms with Gasteiger partial charge in [-0.2, -0.15) is 5.26 Å². The van der Waals surface area contributed by atoms with E-state index in [0.29, 0.717) is 17.8 Å². The average Bonchev–Trinajstić information content (AvgIpc) is 2.61. The Morgan fingerprint density at radius 2 is 2.35 bits per heavy atom. The number of hydrogen-bond donors (Lipinski definition) is 2. The van der Waals surface area contributed by atoms with Gasteiger partial charge in [0.2, 0.25) is 0 Å². The maximum absolute atomic E-state index is 11.3. The molecule has 0 amide bonds. The van der Waals surface area contributed by atoms with Crippen molar-refractivity contribution in [2.45, 2.75) is 12.5 Å². The highest BCUT2D eigenvalue weighted by molar-refractivity contribution is 7.91. The molecule has 1 saturated heterocycles. The van der Waals surface area contributed by atoms with Crippen LogP contribution in [0.25, 0.3) is 0 Å². The van der Waals surface area contributed by atoms with E-state index in [-0.39, 0.29) is 23.2 Å². The fraction of sp³-hybridized carbons (Fsp3) is 0.400. The molecule has 3 N–H and O–H groups in total. The summed E-state index contributed by atoms with van der Waals surface area (Å²) in [6.07, 6.45) is 2.01. The van der Waals surface area contributed by atoms with E-state index in [4.69, 9.17) is 11.0 Å². The molecule has 1 aromatic rings. The van der Waals surface area contributed by atoms with Crippen molar-refractivity contribution < 1.29 is 8.42 Å². The summed E-state index contributed by atoms with van der Waals surface area (Å²) in [5, 5.41) is 11.8. The van der Waals surface area contributed by atoms with Gasteiger partial charge in [0.05, 0.1) is 22.8 Å². The van der Waals surface area contributed by atoms with Gasteiger partial charge in [-0.15, -0.1) is 0 Å². The Morgan fingerprint density at radius 1 is 1.59 bits per heavy atom. The van der Waals surface area contributed by atoms with Gasteiger partial charge in [0.1, 0.15) is 6.07 Å². The number of hydrogen-bond acceptors (Lipinski definition) is 6. The van der Waals surface area contributed by atoms with Crippen LogP contribution in [0.3, 0.4) is 0 Å². The molecule has 1 aliphatic rings. The van der Waals surface area contributed by atoms with Gasteiger partial charge in [0.25, 0.3) is 0 Å². The summed E-state index contributed by atoms with van der Waals surface area (Å²) in [6.45, 7) is 0. The Hall–Kier alpha value is -1.81. The molecule has 1 atom stereocenters. The first-order chi connectivity index (χ1) is 8.02. The second-order valence-electron chi connectivity index (χ2n) is 3.98. The number of nitrogens with one attached hydrogen (secondary N) is 1. The summed E-state index contributed by atoms with van der Waals surface area (Å²) in [6, 6.07) is 3.30. The normalized spacial score (nSPS) is 21.9. The van der Waals surface area contributed by atoms with Gasteiger partial charge in [0, 0.05) is 12.2 Å². The maximum atomic E-state index is 11.3. The van der Waals surface area contributed by atoms with E-state index in [1.807, 2.05) is 6.07 Å². The molecule has 90 valence electrons. The van der Waals surface area contributed by atoms with Crippen LogP contribution in [0.4, 0.5) is 11.5 Å². The van der Waals surface area contributed by atoms with Gasteiger partial charge in [-0.25, -0.2) is 13.4 Å². The van der Waals surface area contributed by atoms with Gasteiger partial charge >= 0.3 is 0 Å². The van der Waals surface area contributed by atoms with E-state index in [2.05, 4.69) is 10.3 Å². The first kappa shape index (κ1) is 11.7. The number of nitrogen functional groups attached to an aromatic ring is 1. The van der Waals surface area contributed by atoms with E-state index >= 15 is 0 Å². The quantitative estimate of drug-likeness (QED) is 0.774. The summed E-state index contributed by atoms with van der Waals surface area (Å²) in [5.41, 5.74) is 6.34. The SMILES string of the molecule is N#Cc1ccnc(NC2CCS(=O)(=O)C2)c1N. The Morgan fingerprint density at radius 3 is 2.94 bits per heavy atom. The summed E-state index contributed by atoms with van der Waals surface area (Å²) in [4.78, 5) is 4.02. The van der Waals surface area contributed by atoms with Crippen LogP contribution < -0.4 is 11.1 Å². The van der Waals surface area contributed by atoms with Crippen molar-refractivity contribution in [1.82, 2.24) is 4.98 Å². The molecule has 0 aliphatic carbocycles. The third-order valence-corrected chi connectivity index (χ3v) is 4.45. The fourth-order valence-electron chi connectivity index (χ4n) is 1.79. The zero-order valence-corrected chi connectivity index (χ0v) is 9.87. The monoisotopic (exact) mass is 252 g/mol. The molecule has 1 fully saturated rings. The highest BCUT2D eigenvalue weighted by Gasteiger charge is 2.28. The summed E-state index contributed by atoms with van der Waals surface area (Å²) >= 11 is 0. The number of nitrogens with zero attached hydrogens (tertiary/aromatic N) is 2. The lowest BCUT2D eigenvalue weighted by molar-refractivity contribution is 0.602. The van der Waals surface area contributed by atoms with E-state index in [0.717, 1.165) is 0 Å². The van der Waals surface area contributed by atoms with Gasteiger partial charge in [-0.1, -0.05) is 0 Å². The molecule has 0 aromatic carbocycles. The van der Waals surface area contributed by atoms with Crippen LogP contribution in [0.2, 0.25) is 0 Å². The van der Waals surface area contributed by atoms with E-state index in [1.54, 1.807) is 0 Å². The van der Waals surface area contributed by atoms with Gasteiger partial charge in [0.15, 0.2) is 15.7 Å². The van der Waals surface area contributed by atoms with Crippen molar-refractivity contribution >= 4 is 21.3 Å². The number of nitriles is 1. The average molecular weight is 252 g/mol. The molecule has 0 spiro atoms. The van der Waals surface area contributed by atoms with Crippen LogP contribution in [-0.2, 0) is 9.84 Å². The first-order valence-corrected chi connectivity index (χ1v) is 6.95. The maximum Gasteiger partial charge on any atom is 0.152 e. The lowest BCUT2D eigenvalue weighted by Crippen LogP contribution is -2.22. The summed E-state index contributed by atoms with van der Waals surface area (Å²) in [7, 11) is -2.94. The fourth-order valence-corrected chi connectivity index (χ4v) is 3.46. The van der Waals surface area contributed by atoms with Crippen LogP contribution in [0.15, 0.2) is 12.3 Å². The van der Waals surface area contributed by atoms with Crippen LogP contribution in [0.5, 0.6) is 0 Å². The van der Waals surface area contributed by atoms with Gasteiger partial charge in [-0.3, -0.25) is 0 Å². The van der Waals surface area contributed by atoms with Gasteiger partial charge < -0.3 is 11.1 Å². The molecule has 7 heteroatoms. The molecule has 6 nitrogen and oxygen atoms in total. The number of rotatable bonds is 2. The van der Waals surface area contributed by atoms with Crippen molar-refractivity contribution in [1.29, 1.82) is 5.26 Å². The molecule has 17 heavy (non-hydrogen) atoms.